The lowest BCUT2D eigenvalue weighted by Gasteiger charge is -2.20. The second-order valence-corrected chi connectivity index (χ2v) is 4.56. The van der Waals surface area contributed by atoms with Gasteiger partial charge in [-0.3, -0.25) is 0 Å². The lowest BCUT2D eigenvalue weighted by Crippen LogP contribution is -2.21. The van der Waals surface area contributed by atoms with Crippen molar-refractivity contribution in [2.75, 3.05) is 19.8 Å². The van der Waals surface area contributed by atoms with Gasteiger partial charge in [0.05, 0.1) is 13.2 Å². The summed E-state index contributed by atoms with van der Waals surface area (Å²) in [5.74, 6) is 0.519. The van der Waals surface area contributed by atoms with E-state index in [1.165, 1.54) is 6.07 Å². The number of benzene rings is 1. The van der Waals surface area contributed by atoms with Crippen LogP contribution in [0.15, 0.2) is 18.2 Å². The Kier molecular flexibility index (Phi) is 4.55. The molecule has 1 saturated heterocycles. The van der Waals surface area contributed by atoms with Crippen LogP contribution in [0.25, 0.3) is 0 Å². The molecule has 4 heteroatoms. The molecule has 1 aliphatic heterocycles. The van der Waals surface area contributed by atoms with Crippen molar-refractivity contribution in [3.63, 3.8) is 0 Å². The zero-order chi connectivity index (χ0) is 13.0. The van der Waals surface area contributed by atoms with E-state index in [4.69, 9.17) is 9.47 Å². The van der Waals surface area contributed by atoms with Crippen molar-refractivity contribution < 1.29 is 13.9 Å². The van der Waals surface area contributed by atoms with Gasteiger partial charge in [-0.15, -0.1) is 0 Å². The molecule has 0 amide bonds. The minimum atomic E-state index is -0.232. The third-order valence-electron chi connectivity index (χ3n) is 3.13. The molecule has 1 aromatic carbocycles. The fourth-order valence-electron chi connectivity index (χ4n) is 2.17. The Labute approximate surface area is 107 Å². The molecule has 0 spiro atoms. The maximum atomic E-state index is 13.4. The molecule has 0 aliphatic carbocycles. The predicted octanol–water partition coefficient (Wildman–Crippen LogP) is 2.66. The highest BCUT2D eigenvalue weighted by Gasteiger charge is 2.20. The van der Waals surface area contributed by atoms with Crippen LogP contribution in [0.3, 0.4) is 0 Å². The highest BCUT2D eigenvalue weighted by Crippen LogP contribution is 2.28. The van der Waals surface area contributed by atoms with Gasteiger partial charge < -0.3 is 14.8 Å². The number of hydrogen-bond acceptors (Lipinski definition) is 3. The molecule has 0 aromatic heterocycles. The highest BCUT2D eigenvalue weighted by molar-refractivity contribution is 5.36. The quantitative estimate of drug-likeness (QED) is 0.875. The first-order chi connectivity index (χ1) is 8.70. The Morgan fingerprint density at radius 3 is 3.06 bits per heavy atom. The average Bonchev–Trinajstić information content (AvgIpc) is 2.84. The van der Waals surface area contributed by atoms with Gasteiger partial charge in [-0.05, 0) is 31.7 Å². The van der Waals surface area contributed by atoms with Crippen molar-refractivity contribution in [3.05, 3.63) is 29.6 Å². The molecule has 2 unspecified atom stereocenters. The summed E-state index contributed by atoms with van der Waals surface area (Å²) in [5.41, 5.74) is 0.865. The zero-order valence-electron chi connectivity index (χ0n) is 10.9. The third kappa shape index (κ3) is 3.21. The van der Waals surface area contributed by atoms with E-state index in [0.717, 1.165) is 30.9 Å². The van der Waals surface area contributed by atoms with Gasteiger partial charge in [0.1, 0.15) is 17.7 Å². The normalized spacial score (nSPS) is 20.9. The van der Waals surface area contributed by atoms with Crippen LogP contribution >= 0.6 is 0 Å². The second-order valence-electron chi connectivity index (χ2n) is 4.56. The molecule has 1 heterocycles. The summed E-state index contributed by atoms with van der Waals surface area (Å²) in [6, 6.07) is 4.76. The first-order valence-corrected chi connectivity index (χ1v) is 6.48. The molecule has 0 saturated carbocycles. The number of ether oxygens (including phenoxy) is 2. The molecule has 1 aliphatic rings. The largest absolute Gasteiger partial charge is 0.488 e. The van der Waals surface area contributed by atoms with Crippen molar-refractivity contribution >= 4 is 0 Å². The Balaban J connectivity index is 2.16. The molecule has 100 valence electrons. The van der Waals surface area contributed by atoms with Crippen molar-refractivity contribution in [3.8, 4) is 5.75 Å². The smallest absolute Gasteiger partial charge is 0.124 e. The molecule has 0 bridgehead atoms. The topological polar surface area (TPSA) is 30.5 Å². The summed E-state index contributed by atoms with van der Waals surface area (Å²) in [6.07, 6.45) is 0.981. The summed E-state index contributed by atoms with van der Waals surface area (Å²) < 4.78 is 24.5. The van der Waals surface area contributed by atoms with Crippen molar-refractivity contribution in [2.45, 2.75) is 32.4 Å². The molecular weight excluding hydrogens is 233 g/mol. The summed E-state index contributed by atoms with van der Waals surface area (Å²) >= 11 is 0. The number of rotatable bonds is 5. The molecule has 1 N–H and O–H groups in total. The van der Waals surface area contributed by atoms with Crippen molar-refractivity contribution in [1.29, 1.82) is 0 Å². The second kappa shape index (κ2) is 6.16. The first-order valence-electron chi connectivity index (χ1n) is 6.48. The minimum absolute atomic E-state index is 0.0722. The third-order valence-corrected chi connectivity index (χ3v) is 3.13. The van der Waals surface area contributed by atoms with E-state index >= 15 is 0 Å². The van der Waals surface area contributed by atoms with Gasteiger partial charge >= 0.3 is 0 Å². The van der Waals surface area contributed by atoms with E-state index in [1.807, 2.05) is 13.8 Å². The molecule has 3 nitrogen and oxygen atoms in total. The SMILES string of the molecule is CCNC(C)c1cc(F)ccc1OC1CCOC1. The zero-order valence-corrected chi connectivity index (χ0v) is 10.9. The Bertz CT molecular complexity index is 391. The van der Waals surface area contributed by atoms with E-state index in [1.54, 1.807) is 12.1 Å². The van der Waals surface area contributed by atoms with E-state index in [2.05, 4.69) is 5.32 Å². The lowest BCUT2D eigenvalue weighted by molar-refractivity contribution is 0.140. The lowest BCUT2D eigenvalue weighted by atomic mass is 10.1. The van der Waals surface area contributed by atoms with Crippen LogP contribution in [0, 0.1) is 5.82 Å². The summed E-state index contributed by atoms with van der Waals surface area (Å²) in [6.45, 7) is 6.23. The monoisotopic (exact) mass is 253 g/mol. The van der Waals surface area contributed by atoms with Crippen LogP contribution in [-0.2, 0) is 4.74 Å². The van der Waals surface area contributed by atoms with Gasteiger partial charge in [0.25, 0.3) is 0 Å². The average molecular weight is 253 g/mol. The standard InChI is InChI=1S/C14H20FNO2/c1-3-16-10(2)13-8-11(15)4-5-14(13)18-12-6-7-17-9-12/h4-5,8,10,12,16H,3,6-7,9H2,1-2H3. The summed E-state index contributed by atoms with van der Waals surface area (Å²) in [5, 5.41) is 3.28. The van der Waals surface area contributed by atoms with E-state index in [0.29, 0.717) is 6.61 Å². The van der Waals surface area contributed by atoms with Crippen LogP contribution in [0.2, 0.25) is 0 Å². The maximum Gasteiger partial charge on any atom is 0.124 e. The number of nitrogens with one attached hydrogen (secondary N) is 1. The van der Waals surface area contributed by atoms with Gasteiger partial charge in [0.15, 0.2) is 0 Å². The molecule has 1 aromatic rings. The van der Waals surface area contributed by atoms with E-state index in [9.17, 15) is 4.39 Å². The van der Waals surface area contributed by atoms with Crippen LogP contribution < -0.4 is 10.1 Å². The van der Waals surface area contributed by atoms with E-state index < -0.39 is 0 Å². The number of hydrogen-bond donors (Lipinski definition) is 1. The van der Waals surface area contributed by atoms with Gasteiger partial charge in [0.2, 0.25) is 0 Å². The molecular formula is C14H20FNO2. The Morgan fingerprint density at radius 2 is 2.39 bits per heavy atom. The Morgan fingerprint density at radius 1 is 1.56 bits per heavy atom. The van der Waals surface area contributed by atoms with Crippen LogP contribution in [0.1, 0.15) is 31.9 Å². The predicted molar refractivity (Wildman–Crippen MR) is 68.3 cm³/mol. The molecule has 1 fully saturated rings. The molecule has 2 atom stereocenters. The molecule has 18 heavy (non-hydrogen) atoms. The van der Waals surface area contributed by atoms with E-state index in [-0.39, 0.29) is 18.0 Å². The van der Waals surface area contributed by atoms with Gasteiger partial charge in [-0.25, -0.2) is 4.39 Å². The van der Waals surface area contributed by atoms with Crippen molar-refractivity contribution in [1.82, 2.24) is 5.32 Å². The van der Waals surface area contributed by atoms with Gasteiger partial charge in [0, 0.05) is 18.0 Å². The highest BCUT2D eigenvalue weighted by atomic mass is 19.1. The number of halogens is 1. The first kappa shape index (κ1) is 13.3. The van der Waals surface area contributed by atoms with Gasteiger partial charge in [-0.1, -0.05) is 6.92 Å². The maximum absolute atomic E-state index is 13.4. The fraction of sp³-hybridized carbons (Fsp3) is 0.571. The van der Waals surface area contributed by atoms with Crippen LogP contribution in [0.5, 0.6) is 5.75 Å². The summed E-state index contributed by atoms with van der Waals surface area (Å²) in [4.78, 5) is 0. The summed E-state index contributed by atoms with van der Waals surface area (Å²) in [7, 11) is 0. The molecule has 2 rings (SSSR count). The minimum Gasteiger partial charge on any atom is -0.488 e. The fourth-order valence-corrected chi connectivity index (χ4v) is 2.17. The Hall–Kier alpha value is -1.13. The molecule has 0 radical (unpaired) electrons. The van der Waals surface area contributed by atoms with Crippen LogP contribution in [0.4, 0.5) is 4.39 Å². The van der Waals surface area contributed by atoms with Gasteiger partial charge in [-0.2, -0.15) is 0 Å². The van der Waals surface area contributed by atoms with Crippen molar-refractivity contribution in [2.24, 2.45) is 0 Å². The van der Waals surface area contributed by atoms with Crippen LogP contribution in [-0.4, -0.2) is 25.9 Å².